The topological polar surface area (TPSA) is 88.9 Å². The molecule has 0 aliphatic carbocycles. The summed E-state index contributed by atoms with van der Waals surface area (Å²) in [6, 6.07) is 14.2. The molecule has 0 saturated heterocycles. The van der Waals surface area contributed by atoms with E-state index in [0.717, 1.165) is 5.69 Å². The van der Waals surface area contributed by atoms with Gasteiger partial charge >= 0.3 is 0 Å². The lowest BCUT2D eigenvalue weighted by Crippen LogP contribution is -2.22. The molecule has 7 nitrogen and oxygen atoms in total. The molecule has 3 aromatic rings. The van der Waals surface area contributed by atoms with Gasteiger partial charge in [0.25, 0.3) is 0 Å². The van der Waals surface area contributed by atoms with Gasteiger partial charge in [-0.1, -0.05) is 29.4 Å². The van der Waals surface area contributed by atoms with Crippen LogP contribution in [0.4, 0.5) is 11.4 Å². The summed E-state index contributed by atoms with van der Waals surface area (Å²) in [4.78, 5) is 23.7. The molecule has 1 aromatic heterocycles. The van der Waals surface area contributed by atoms with E-state index in [1.807, 2.05) is 18.2 Å². The quantitative estimate of drug-likeness (QED) is 0.594. The molecule has 9 heteroatoms. The molecule has 2 N–H and O–H groups in total. The van der Waals surface area contributed by atoms with Crippen LogP contribution in [0.3, 0.4) is 0 Å². The molecule has 144 valence electrons. The average Bonchev–Trinajstić information content (AvgIpc) is 3.11. The van der Waals surface area contributed by atoms with Crippen LogP contribution in [0.1, 0.15) is 13.8 Å². The third kappa shape index (κ3) is 5.11. The minimum absolute atomic E-state index is 0.150. The Bertz CT molecular complexity index is 990. The fourth-order valence-electron chi connectivity index (χ4n) is 2.41. The van der Waals surface area contributed by atoms with Crippen LogP contribution in [-0.2, 0) is 9.59 Å². The Hall–Kier alpha value is -2.84. The number of anilines is 2. The minimum Gasteiger partial charge on any atom is -0.326 e. The second-order valence-corrected chi connectivity index (χ2v) is 7.72. The Labute approximate surface area is 171 Å². The number of halogens is 1. The van der Waals surface area contributed by atoms with Crippen LogP contribution in [0.2, 0.25) is 5.02 Å². The first-order chi connectivity index (χ1) is 13.4. The molecular formula is C19H18ClN5O2S. The molecular weight excluding hydrogens is 398 g/mol. The number of nitrogens with one attached hydrogen (secondary N) is 2. The molecule has 2 aromatic carbocycles. The molecule has 28 heavy (non-hydrogen) atoms. The Morgan fingerprint density at radius 1 is 1.11 bits per heavy atom. The summed E-state index contributed by atoms with van der Waals surface area (Å²) in [6.07, 6.45) is 1.57. The van der Waals surface area contributed by atoms with E-state index in [1.54, 1.807) is 48.1 Å². The maximum absolute atomic E-state index is 12.5. The third-order valence-corrected chi connectivity index (χ3v) is 5.03. The first-order valence-electron chi connectivity index (χ1n) is 8.43. The SMILES string of the molecule is CC(=O)Nc1cccc(-n2cnnc2SC(C)C(=O)Nc2ccc(Cl)cc2)c1. The number of benzene rings is 2. The van der Waals surface area contributed by atoms with E-state index in [4.69, 9.17) is 11.6 Å². The van der Waals surface area contributed by atoms with Crippen molar-refractivity contribution in [2.75, 3.05) is 10.6 Å². The van der Waals surface area contributed by atoms with Crippen LogP contribution < -0.4 is 10.6 Å². The first kappa shape index (κ1) is 19.9. The lowest BCUT2D eigenvalue weighted by atomic mass is 10.2. The monoisotopic (exact) mass is 415 g/mol. The molecule has 1 atom stereocenters. The maximum Gasteiger partial charge on any atom is 0.237 e. The van der Waals surface area contributed by atoms with Gasteiger partial charge in [0, 0.05) is 23.3 Å². The number of carbonyl (C=O) groups is 2. The molecule has 1 unspecified atom stereocenters. The summed E-state index contributed by atoms with van der Waals surface area (Å²) in [7, 11) is 0. The normalized spacial score (nSPS) is 11.7. The lowest BCUT2D eigenvalue weighted by molar-refractivity contribution is -0.115. The van der Waals surface area contributed by atoms with Crippen LogP contribution in [0.5, 0.6) is 0 Å². The molecule has 0 bridgehead atoms. The number of nitrogens with zero attached hydrogens (tertiary/aromatic N) is 3. The Morgan fingerprint density at radius 2 is 1.86 bits per heavy atom. The zero-order valence-corrected chi connectivity index (χ0v) is 16.8. The molecule has 3 rings (SSSR count). The summed E-state index contributed by atoms with van der Waals surface area (Å²) < 4.78 is 1.77. The summed E-state index contributed by atoms with van der Waals surface area (Å²) in [5, 5.41) is 14.4. The van der Waals surface area contributed by atoms with E-state index in [1.165, 1.54) is 18.7 Å². The van der Waals surface area contributed by atoms with Crippen molar-refractivity contribution in [3.63, 3.8) is 0 Å². The van der Waals surface area contributed by atoms with Crippen LogP contribution in [0.15, 0.2) is 60.0 Å². The van der Waals surface area contributed by atoms with E-state index in [0.29, 0.717) is 21.6 Å². The van der Waals surface area contributed by atoms with Crippen molar-refractivity contribution in [1.29, 1.82) is 0 Å². The fraction of sp³-hybridized carbons (Fsp3) is 0.158. The molecule has 0 spiro atoms. The Balaban J connectivity index is 1.72. The molecule has 0 fully saturated rings. The highest BCUT2D eigenvalue weighted by Gasteiger charge is 2.19. The standard InChI is InChI=1S/C19H18ClN5O2S/c1-12(18(27)23-15-8-6-14(20)7-9-15)28-19-24-21-11-25(19)17-5-3-4-16(10-17)22-13(2)26/h3-12H,1-2H3,(H,22,26)(H,23,27). The van der Waals surface area contributed by atoms with Gasteiger partial charge in [-0.2, -0.15) is 0 Å². The van der Waals surface area contributed by atoms with E-state index < -0.39 is 5.25 Å². The number of hydrogen-bond donors (Lipinski definition) is 2. The van der Waals surface area contributed by atoms with E-state index >= 15 is 0 Å². The average molecular weight is 416 g/mol. The molecule has 1 heterocycles. The van der Waals surface area contributed by atoms with Crippen molar-refractivity contribution in [1.82, 2.24) is 14.8 Å². The van der Waals surface area contributed by atoms with E-state index in [2.05, 4.69) is 20.8 Å². The second kappa shape index (κ2) is 8.90. The van der Waals surface area contributed by atoms with Crippen molar-refractivity contribution in [2.24, 2.45) is 0 Å². The van der Waals surface area contributed by atoms with Gasteiger partial charge in [0.15, 0.2) is 5.16 Å². The van der Waals surface area contributed by atoms with Gasteiger partial charge in [-0.05, 0) is 49.4 Å². The summed E-state index contributed by atoms with van der Waals surface area (Å²) >= 11 is 7.15. The summed E-state index contributed by atoms with van der Waals surface area (Å²) in [6.45, 7) is 3.25. The number of hydrogen-bond acceptors (Lipinski definition) is 5. The van der Waals surface area contributed by atoms with Crippen molar-refractivity contribution < 1.29 is 9.59 Å². The maximum atomic E-state index is 12.5. The van der Waals surface area contributed by atoms with Crippen LogP contribution in [0, 0.1) is 0 Å². The van der Waals surface area contributed by atoms with Crippen molar-refractivity contribution in [3.8, 4) is 5.69 Å². The van der Waals surface area contributed by atoms with Crippen molar-refractivity contribution in [3.05, 3.63) is 59.9 Å². The van der Waals surface area contributed by atoms with Gasteiger partial charge in [-0.25, -0.2) is 0 Å². The van der Waals surface area contributed by atoms with E-state index in [-0.39, 0.29) is 11.8 Å². The van der Waals surface area contributed by atoms with Crippen LogP contribution in [0.25, 0.3) is 5.69 Å². The highest BCUT2D eigenvalue weighted by atomic mass is 35.5. The van der Waals surface area contributed by atoms with Crippen molar-refractivity contribution in [2.45, 2.75) is 24.3 Å². The Kier molecular flexibility index (Phi) is 6.33. The largest absolute Gasteiger partial charge is 0.326 e. The third-order valence-electron chi connectivity index (χ3n) is 3.72. The number of aromatic nitrogens is 3. The predicted molar refractivity (Wildman–Crippen MR) is 111 cm³/mol. The predicted octanol–water partition coefficient (Wildman–Crippen LogP) is 4.00. The smallest absolute Gasteiger partial charge is 0.237 e. The van der Waals surface area contributed by atoms with Gasteiger partial charge < -0.3 is 10.6 Å². The number of carbonyl (C=O) groups excluding carboxylic acids is 2. The molecule has 0 radical (unpaired) electrons. The molecule has 0 saturated carbocycles. The zero-order valence-electron chi connectivity index (χ0n) is 15.2. The van der Waals surface area contributed by atoms with Crippen LogP contribution in [-0.4, -0.2) is 31.8 Å². The van der Waals surface area contributed by atoms with Gasteiger partial charge in [-0.15, -0.1) is 10.2 Å². The minimum atomic E-state index is -0.405. The first-order valence-corrected chi connectivity index (χ1v) is 9.69. The summed E-state index contributed by atoms with van der Waals surface area (Å²) in [5.41, 5.74) is 2.12. The van der Waals surface area contributed by atoms with E-state index in [9.17, 15) is 9.59 Å². The lowest BCUT2D eigenvalue weighted by Gasteiger charge is -2.13. The van der Waals surface area contributed by atoms with Crippen LogP contribution >= 0.6 is 23.4 Å². The summed E-state index contributed by atoms with van der Waals surface area (Å²) in [5.74, 6) is -0.308. The fourth-order valence-corrected chi connectivity index (χ4v) is 3.38. The number of rotatable bonds is 6. The zero-order chi connectivity index (χ0) is 20.1. The second-order valence-electron chi connectivity index (χ2n) is 5.97. The highest BCUT2D eigenvalue weighted by Crippen LogP contribution is 2.26. The number of amides is 2. The highest BCUT2D eigenvalue weighted by molar-refractivity contribution is 8.00. The van der Waals surface area contributed by atoms with Gasteiger partial charge in [-0.3, -0.25) is 14.2 Å². The van der Waals surface area contributed by atoms with Crippen molar-refractivity contribution >= 4 is 46.6 Å². The van der Waals surface area contributed by atoms with Gasteiger partial charge in [0.05, 0.1) is 10.9 Å². The molecule has 0 aliphatic rings. The molecule has 0 aliphatic heterocycles. The van der Waals surface area contributed by atoms with Gasteiger partial charge in [0.2, 0.25) is 11.8 Å². The number of thioether (sulfide) groups is 1. The van der Waals surface area contributed by atoms with Gasteiger partial charge in [0.1, 0.15) is 6.33 Å². The molecule has 2 amide bonds. The Morgan fingerprint density at radius 3 is 2.57 bits per heavy atom.